The minimum atomic E-state index is -0.622. The summed E-state index contributed by atoms with van der Waals surface area (Å²) in [4.78, 5) is 0. The molecule has 3 saturated carbocycles. The molecule has 0 amide bonds. The molecule has 4 rings (SSSR count). The van der Waals surface area contributed by atoms with Crippen LogP contribution < -0.4 is 5.32 Å². The summed E-state index contributed by atoms with van der Waals surface area (Å²) >= 11 is 0. The number of benzene rings is 1. The Balaban J connectivity index is 1.45. The van der Waals surface area contributed by atoms with Gasteiger partial charge in [0.25, 0.3) is 0 Å². The Morgan fingerprint density at radius 3 is 2.30 bits per heavy atom. The second-order valence-corrected chi connectivity index (χ2v) is 6.42. The Kier molecular flexibility index (Phi) is 2.62. The molecule has 104 valence electrons. The Hall–Kier alpha value is -1.47. The fourth-order valence-corrected chi connectivity index (χ4v) is 4.65. The van der Waals surface area contributed by atoms with Gasteiger partial charge in [-0.2, -0.15) is 5.26 Å². The lowest BCUT2D eigenvalue weighted by molar-refractivity contribution is 0.451. The Labute approximate surface area is 116 Å². The van der Waals surface area contributed by atoms with Crippen molar-refractivity contribution in [2.24, 2.45) is 23.7 Å². The lowest BCUT2D eigenvalue weighted by atomic mass is 10.0. The number of nitrogens with zero attached hydrogens (tertiary/aromatic N) is 1. The van der Waals surface area contributed by atoms with Gasteiger partial charge >= 0.3 is 0 Å². The van der Waals surface area contributed by atoms with Gasteiger partial charge in [0, 0.05) is 18.2 Å². The first-order valence-corrected chi connectivity index (χ1v) is 7.30. The molecular formula is C16H16F2N2. The topological polar surface area (TPSA) is 35.8 Å². The molecule has 3 aliphatic carbocycles. The van der Waals surface area contributed by atoms with Crippen molar-refractivity contribution in [2.75, 3.05) is 0 Å². The molecule has 0 aromatic heterocycles. The van der Waals surface area contributed by atoms with Gasteiger partial charge in [0.15, 0.2) is 0 Å². The first kappa shape index (κ1) is 12.3. The third-order valence-corrected chi connectivity index (χ3v) is 5.52. The summed E-state index contributed by atoms with van der Waals surface area (Å²) in [6.45, 7) is 0.223. The SMILES string of the molecule is N#Cc1cc(F)c(CNC2C3C4CCC(C4)C23)c(F)c1. The van der Waals surface area contributed by atoms with E-state index in [4.69, 9.17) is 5.26 Å². The van der Waals surface area contributed by atoms with E-state index < -0.39 is 11.6 Å². The number of nitriles is 1. The van der Waals surface area contributed by atoms with Crippen molar-refractivity contribution in [2.45, 2.75) is 31.8 Å². The normalized spacial score (nSPS) is 36.8. The van der Waals surface area contributed by atoms with Crippen molar-refractivity contribution in [1.29, 1.82) is 5.26 Å². The molecule has 2 bridgehead atoms. The number of halogens is 2. The molecule has 0 aliphatic heterocycles. The summed E-state index contributed by atoms with van der Waals surface area (Å²) in [5.41, 5.74) is 0.0893. The molecule has 1 aromatic rings. The summed E-state index contributed by atoms with van der Waals surface area (Å²) in [7, 11) is 0. The zero-order valence-corrected chi connectivity index (χ0v) is 11.1. The van der Waals surface area contributed by atoms with Crippen molar-refractivity contribution >= 4 is 0 Å². The van der Waals surface area contributed by atoms with E-state index >= 15 is 0 Å². The molecule has 4 heteroatoms. The van der Waals surface area contributed by atoms with Gasteiger partial charge in [-0.3, -0.25) is 0 Å². The van der Waals surface area contributed by atoms with Crippen molar-refractivity contribution < 1.29 is 8.78 Å². The van der Waals surface area contributed by atoms with E-state index in [0.29, 0.717) is 6.04 Å². The van der Waals surface area contributed by atoms with E-state index in [1.54, 1.807) is 6.07 Å². The number of fused-ring (bicyclic) bond motifs is 5. The van der Waals surface area contributed by atoms with E-state index in [9.17, 15) is 8.78 Å². The van der Waals surface area contributed by atoms with Crippen LogP contribution in [0.2, 0.25) is 0 Å². The maximum absolute atomic E-state index is 13.8. The van der Waals surface area contributed by atoms with Gasteiger partial charge < -0.3 is 5.32 Å². The van der Waals surface area contributed by atoms with Gasteiger partial charge in [-0.25, -0.2) is 8.78 Å². The van der Waals surface area contributed by atoms with Gasteiger partial charge in [0.05, 0.1) is 11.6 Å². The van der Waals surface area contributed by atoms with E-state index in [-0.39, 0.29) is 17.7 Å². The van der Waals surface area contributed by atoms with Crippen LogP contribution in [-0.2, 0) is 6.54 Å². The van der Waals surface area contributed by atoms with Gasteiger partial charge in [-0.1, -0.05) is 0 Å². The first-order valence-electron chi connectivity index (χ1n) is 7.30. The minimum absolute atomic E-state index is 0.0325. The molecule has 0 heterocycles. The van der Waals surface area contributed by atoms with E-state index in [1.807, 2.05) is 0 Å². The monoisotopic (exact) mass is 274 g/mol. The Morgan fingerprint density at radius 1 is 1.15 bits per heavy atom. The lowest BCUT2D eigenvalue weighted by Gasteiger charge is -2.11. The largest absolute Gasteiger partial charge is 0.309 e. The van der Waals surface area contributed by atoms with Crippen molar-refractivity contribution in [3.63, 3.8) is 0 Å². The summed E-state index contributed by atoms with van der Waals surface area (Å²) in [6.07, 6.45) is 4.04. The molecule has 0 radical (unpaired) electrons. The minimum Gasteiger partial charge on any atom is -0.309 e. The average molecular weight is 274 g/mol. The van der Waals surface area contributed by atoms with Crippen LogP contribution in [0.3, 0.4) is 0 Å². The zero-order valence-electron chi connectivity index (χ0n) is 11.1. The molecule has 0 spiro atoms. The molecular weight excluding hydrogens is 258 g/mol. The van der Waals surface area contributed by atoms with Gasteiger partial charge in [-0.15, -0.1) is 0 Å². The summed E-state index contributed by atoms with van der Waals surface area (Å²) in [6, 6.07) is 4.44. The smallest absolute Gasteiger partial charge is 0.131 e. The van der Waals surface area contributed by atoms with Crippen LogP contribution >= 0.6 is 0 Å². The fourth-order valence-electron chi connectivity index (χ4n) is 4.65. The van der Waals surface area contributed by atoms with E-state index in [2.05, 4.69) is 5.32 Å². The molecule has 4 atom stereocenters. The molecule has 4 unspecified atom stereocenters. The van der Waals surface area contributed by atoms with Crippen LogP contribution in [0.25, 0.3) is 0 Å². The van der Waals surface area contributed by atoms with Gasteiger partial charge in [0.1, 0.15) is 11.6 Å². The summed E-state index contributed by atoms with van der Waals surface area (Å²) < 4.78 is 27.6. The third kappa shape index (κ3) is 1.69. The highest BCUT2D eigenvalue weighted by Gasteiger charge is 2.64. The fraction of sp³-hybridized carbons (Fsp3) is 0.562. The zero-order chi connectivity index (χ0) is 13.9. The molecule has 0 saturated heterocycles. The van der Waals surface area contributed by atoms with Crippen molar-refractivity contribution in [1.82, 2.24) is 5.32 Å². The third-order valence-electron chi connectivity index (χ3n) is 5.52. The van der Waals surface area contributed by atoms with Crippen LogP contribution in [0.5, 0.6) is 0 Å². The second kappa shape index (κ2) is 4.26. The highest BCUT2D eigenvalue weighted by Crippen LogP contribution is 2.65. The molecule has 2 nitrogen and oxygen atoms in total. The van der Waals surface area contributed by atoms with Crippen LogP contribution in [-0.4, -0.2) is 6.04 Å². The summed E-state index contributed by atoms with van der Waals surface area (Å²) in [5, 5.41) is 12.0. The van der Waals surface area contributed by atoms with Crippen molar-refractivity contribution in [3.8, 4) is 6.07 Å². The molecule has 20 heavy (non-hydrogen) atoms. The molecule has 1 N–H and O–H groups in total. The number of rotatable bonds is 3. The van der Waals surface area contributed by atoms with Gasteiger partial charge in [0.2, 0.25) is 0 Å². The highest BCUT2D eigenvalue weighted by atomic mass is 19.1. The molecule has 1 aromatic carbocycles. The molecule has 3 fully saturated rings. The van der Waals surface area contributed by atoms with E-state index in [1.165, 1.54) is 19.3 Å². The lowest BCUT2D eigenvalue weighted by Crippen LogP contribution is -2.23. The second-order valence-electron chi connectivity index (χ2n) is 6.42. The predicted octanol–water partition coefficient (Wildman–Crippen LogP) is 2.97. The summed E-state index contributed by atoms with van der Waals surface area (Å²) in [5.74, 6) is 1.94. The van der Waals surface area contributed by atoms with Crippen molar-refractivity contribution in [3.05, 3.63) is 34.9 Å². The van der Waals surface area contributed by atoms with Crippen LogP contribution in [0.4, 0.5) is 8.78 Å². The van der Waals surface area contributed by atoms with E-state index in [0.717, 1.165) is 35.8 Å². The average Bonchev–Trinajstić information content (AvgIpc) is 2.81. The Morgan fingerprint density at radius 2 is 1.75 bits per heavy atom. The highest BCUT2D eigenvalue weighted by molar-refractivity contribution is 5.34. The standard InChI is InChI=1S/C16H16F2N2/c17-12-3-8(6-19)4-13(18)11(12)7-20-16-14-9-1-2-10(5-9)15(14)16/h3-4,9-10,14-16,20H,1-2,5,7H2. The molecule has 3 aliphatic rings. The van der Waals surface area contributed by atoms with Crippen LogP contribution in [0, 0.1) is 46.6 Å². The maximum Gasteiger partial charge on any atom is 0.131 e. The quantitative estimate of drug-likeness (QED) is 0.919. The number of nitrogens with one attached hydrogen (secondary N) is 1. The van der Waals surface area contributed by atoms with Gasteiger partial charge in [-0.05, 0) is 55.1 Å². The number of hydrogen-bond donors (Lipinski definition) is 1. The Bertz CT molecular complexity index is 568. The maximum atomic E-state index is 13.8. The first-order chi connectivity index (χ1) is 9.69. The van der Waals surface area contributed by atoms with Crippen LogP contribution in [0.1, 0.15) is 30.4 Å². The number of hydrogen-bond acceptors (Lipinski definition) is 2. The predicted molar refractivity (Wildman–Crippen MR) is 69.5 cm³/mol. The van der Waals surface area contributed by atoms with Crippen LogP contribution in [0.15, 0.2) is 12.1 Å².